The molecule has 0 radical (unpaired) electrons. The highest BCUT2D eigenvalue weighted by Gasteiger charge is 2.08. The van der Waals surface area contributed by atoms with E-state index in [-0.39, 0.29) is 24.8 Å². The Labute approximate surface area is 133 Å². The van der Waals surface area contributed by atoms with Gasteiger partial charge in [0.25, 0.3) is 0 Å². The van der Waals surface area contributed by atoms with Gasteiger partial charge in [-0.15, -0.1) is 0 Å². The van der Waals surface area contributed by atoms with Crippen molar-refractivity contribution in [1.29, 1.82) is 0 Å². The van der Waals surface area contributed by atoms with Crippen molar-refractivity contribution in [3.8, 4) is 0 Å². The zero-order valence-corrected chi connectivity index (χ0v) is 14.7. The quantitative estimate of drug-likeness (QED) is 0.664. The standard InChI is InChI=1S/2C8H16O3/c2*1-6(2)5-11-8(10)4-7(3)9/h2*6-7,9H,4-5H2,1-3H3. The summed E-state index contributed by atoms with van der Waals surface area (Å²) in [5, 5.41) is 17.6. The molecule has 6 heteroatoms. The summed E-state index contributed by atoms with van der Waals surface area (Å²) in [7, 11) is 0. The molecule has 0 aromatic rings. The van der Waals surface area contributed by atoms with Crippen molar-refractivity contribution in [2.75, 3.05) is 13.2 Å². The number of esters is 2. The second kappa shape index (κ2) is 13.5. The van der Waals surface area contributed by atoms with Crippen LogP contribution in [0.2, 0.25) is 0 Å². The van der Waals surface area contributed by atoms with Crippen LogP contribution in [0.4, 0.5) is 0 Å². The van der Waals surface area contributed by atoms with Gasteiger partial charge in [0.1, 0.15) is 0 Å². The minimum Gasteiger partial charge on any atom is -0.465 e. The molecule has 0 spiro atoms. The zero-order valence-electron chi connectivity index (χ0n) is 14.7. The molecule has 2 N–H and O–H groups in total. The lowest BCUT2D eigenvalue weighted by Gasteiger charge is -2.07. The first kappa shape index (κ1) is 23.1. The smallest absolute Gasteiger partial charge is 0.308 e. The molecule has 0 aromatic heterocycles. The van der Waals surface area contributed by atoms with Crippen molar-refractivity contribution in [2.45, 2.75) is 66.6 Å². The second-order valence-electron chi connectivity index (χ2n) is 6.26. The molecule has 0 aromatic carbocycles. The van der Waals surface area contributed by atoms with Crippen molar-refractivity contribution < 1.29 is 29.3 Å². The molecule has 0 saturated heterocycles. The second-order valence-corrected chi connectivity index (χ2v) is 6.26. The average molecular weight is 320 g/mol. The maximum Gasteiger partial charge on any atom is 0.308 e. The van der Waals surface area contributed by atoms with E-state index in [0.29, 0.717) is 25.0 Å². The van der Waals surface area contributed by atoms with Crippen LogP contribution in [0.3, 0.4) is 0 Å². The van der Waals surface area contributed by atoms with Crippen LogP contribution < -0.4 is 0 Å². The van der Waals surface area contributed by atoms with Crippen LogP contribution in [0.5, 0.6) is 0 Å². The van der Waals surface area contributed by atoms with Crippen molar-refractivity contribution in [3.63, 3.8) is 0 Å². The highest BCUT2D eigenvalue weighted by molar-refractivity contribution is 5.70. The summed E-state index contributed by atoms with van der Waals surface area (Å²) in [6.07, 6.45) is -1.02. The first-order valence-corrected chi connectivity index (χ1v) is 7.71. The third kappa shape index (κ3) is 21.2. The molecule has 0 bridgehead atoms. The molecule has 2 unspecified atom stereocenters. The lowest BCUT2D eigenvalue weighted by Crippen LogP contribution is -2.15. The van der Waals surface area contributed by atoms with Gasteiger partial charge in [-0.2, -0.15) is 0 Å². The van der Waals surface area contributed by atoms with Crippen molar-refractivity contribution in [1.82, 2.24) is 0 Å². The number of hydrogen-bond acceptors (Lipinski definition) is 6. The van der Waals surface area contributed by atoms with E-state index in [1.807, 2.05) is 27.7 Å². The third-order valence-corrected chi connectivity index (χ3v) is 2.08. The lowest BCUT2D eigenvalue weighted by atomic mass is 10.2. The molecule has 0 rings (SSSR count). The van der Waals surface area contributed by atoms with Gasteiger partial charge in [-0.3, -0.25) is 9.59 Å². The van der Waals surface area contributed by atoms with Crippen LogP contribution >= 0.6 is 0 Å². The molecule has 0 saturated carbocycles. The summed E-state index contributed by atoms with van der Waals surface area (Å²) in [5.74, 6) is 0.0586. The van der Waals surface area contributed by atoms with Gasteiger partial charge in [0.05, 0.1) is 38.3 Å². The molecule has 0 aliphatic carbocycles. The number of aliphatic hydroxyl groups excluding tert-OH is 2. The Morgan fingerprint density at radius 3 is 1.18 bits per heavy atom. The van der Waals surface area contributed by atoms with E-state index in [0.717, 1.165) is 0 Å². The van der Waals surface area contributed by atoms with Crippen LogP contribution in [-0.2, 0) is 19.1 Å². The zero-order chi connectivity index (χ0) is 17.7. The summed E-state index contributed by atoms with van der Waals surface area (Å²) in [4.78, 5) is 21.6. The first-order valence-electron chi connectivity index (χ1n) is 7.71. The molecule has 132 valence electrons. The minimum atomic E-state index is -0.602. The number of aliphatic hydroxyl groups is 2. The van der Waals surface area contributed by atoms with Crippen LogP contribution in [0.1, 0.15) is 54.4 Å². The predicted octanol–water partition coefficient (Wildman–Crippen LogP) is 1.91. The van der Waals surface area contributed by atoms with Crippen LogP contribution in [0.15, 0.2) is 0 Å². The number of rotatable bonds is 8. The fraction of sp³-hybridized carbons (Fsp3) is 0.875. The molecule has 2 atom stereocenters. The van der Waals surface area contributed by atoms with E-state index in [1.54, 1.807) is 13.8 Å². The van der Waals surface area contributed by atoms with Gasteiger partial charge in [0, 0.05) is 0 Å². The maximum atomic E-state index is 10.8. The van der Waals surface area contributed by atoms with E-state index in [2.05, 4.69) is 0 Å². The monoisotopic (exact) mass is 320 g/mol. The molecule has 0 aliphatic heterocycles. The molecular weight excluding hydrogens is 288 g/mol. The van der Waals surface area contributed by atoms with E-state index in [4.69, 9.17) is 19.7 Å². The minimum absolute atomic E-state index is 0.0900. The van der Waals surface area contributed by atoms with Crippen LogP contribution in [0.25, 0.3) is 0 Å². The van der Waals surface area contributed by atoms with Gasteiger partial charge in [-0.05, 0) is 25.7 Å². The Morgan fingerprint density at radius 1 is 0.727 bits per heavy atom. The number of hydrogen-bond donors (Lipinski definition) is 2. The Balaban J connectivity index is 0. The van der Waals surface area contributed by atoms with Crippen LogP contribution in [-0.4, -0.2) is 47.6 Å². The average Bonchev–Trinajstić information content (AvgIpc) is 2.33. The Bertz CT molecular complexity index is 267. The summed E-state index contributed by atoms with van der Waals surface area (Å²) < 4.78 is 9.63. The van der Waals surface area contributed by atoms with Gasteiger partial charge in [-0.1, -0.05) is 27.7 Å². The number of ether oxygens (including phenoxy) is 2. The fourth-order valence-electron chi connectivity index (χ4n) is 1.12. The van der Waals surface area contributed by atoms with Crippen LogP contribution in [0, 0.1) is 11.8 Å². The van der Waals surface area contributed by atoms with Gasteiger partial charge in [0.15, 0.2) is 0 Å². The summed E-state index contributed by atoms with van der Waals surface area (Å²) in [5.41, 5.74) is 0. The molecule has 0 fully saturated rings. The predicted molar refractivity (Wildman–Crippen MR) is 84.2 cm³/mol. The van der Waals surface area contributed by atoms with Gasteiger partial charge < -0.3 is 19.7 Å². The molecule has 22 heavy (non-hydrogen) atoms. The van der Waals surface area contributed by atoms with E-state index >= 15 is 0 Å². The fourth-order valence-corrected chi connectivity index (χ4v) is 1.12. The SMILES string of the molecule is CC(C)COC(=O)CC(C)O.CC(C)COC(=O)CC(C)O. The Hall–Kier alpha value is -1.14. The molecule has 6 nitrogen and oxygen atoms in total. The summed E-state index contributed by atoms with van der Waals surface area (Å²) in [6, 6.07) is 0. The normalized spacial score (nSPS) is 13.2. The van der Waals surface area contributed by atoms with Gasteiger partial charge >= 0.3 is 11.9 Å². The van der Waals surface area contributed by atoms with E-state index in [1.165, 1.54) is 0 Å². The molecule has 0 heterocycles. The van der Waals surface area contributed by atoms with Crippen molar-refractivity contribution in [3.05, 3.63) is 0 Å². The first-order chi connectivity index (χ1) is 10.0. The summed E-state index contributed by atoms with van der Waals surface area (Å²) >= 11 is 0. The highest BCUT2D eigenvalue weighted by atomic mass is 16.5. The summed E-state index contributed by atoms with van der Waals surface area (Å²) in [6.45, 7) is 11.9. The topological polar surface area (TPSA) is 93.1 Å². The number of carbonyl (C=O) groups is 2. The van der Waals surface area contributed by atoms with E-state index in [9.17, 15) is 9.59 Å². The Kier molecular flexibility index (Phi) is 14.2. The third-order valence-electron chi connectivity index (χ3n) is 2.08. The van der Waals surface area contributed by atoms with Crippen molar-refractivity contribution >= 4 is 11.9 Å². The molecule has 0 aliphatic rings. The lowest BCUT2D eigenvalue weighted by molar-refractivity contribution is -0.147. The van der Waals surface area contributed by atoms with Gasteiger partial charge in [-0.25, -0.2) is 0 Å². The molecule has 0 amide bonds. The van der Waals surface area contributed by atoms with Gasteiger partial charge in [0.2, 0.25) is 0 Å². The Morgan fingerprint density at radius 2 is 1.00 bits per heavy atom. The number of carbonyl (C=O) groups excluding carboxylic acids is 2. The molecular formula is C16H32O6. The van der Waals surface area contributed by atoms with E-state index < -0.39 is 12.2 Å². The highest BCUT2D eigenvalue weighted by Crippen LogP contribution is 1.98. The maximum absolute atomic E-state index is 10.8. The largest absolute Gasteiger partial charge is 0.465 e. The van der Waals surface area contributed by atoms with Crippen molar-refractivity contribution in [2.24, 2.45) is 11.8 Å².